The summed E-state index contributed by atoms with van der Waals surface area (Å²) in [6.45, 7) is 1.67. The molecule has 1 aromatic carbocycles. The van der Waals surface area contributed by atoms with Gasteiger partial charge in [0.1, 0.15) is 18.1 Å². The Morgan fingerprint density at radius 2 is 2.00 bits per heavy atom. The van der Waals surface area contributed by atoms with Gasteiger partial charge in [-0.1, -0.05) is 24.3 Å². The van der Waals surface area contributed by atoms with E-state index in [0.717, 1.165) is 18.8 Å². The van der Waals surface area contributed by atoms with Gasteiger partial charge in [0.05, 0.1) is 6.54 Å². The zero-order chi connectivity index (χ0) is 12.4. The minimum atomic E-state index is -0.0317. The smallest absolute Gasteiger partial charge is 0.129 e. The van der Waals surface area contributed by atoms with E-state index in [1.807, 2.05) is 12.1 Å². The minimum Gasteiger partial charge on any atom is -0.462 e. The highest BCUT2D eigenvalue weighted by atomic mass is 16.4. The molecule has 3 nitrogen and oxygen atoms in total. The molecule has 1 unspecified atom stereocenters. The summed E-state index contributed by atoms with van der Waals surface area (Å²) in [5.74, 6) is 2.14. The second-order valence-corrected chi connectivity index (χ2v) is 4.76. The van der Waals surface area contributed by atoms with Crippen molar-refractivity contribution in [2.24, 2.45) is 0 Å². The molecule has 18 heavy (non-hydrogen) atoms. The number of fused-ring (bicyclic) bond motifs is 1. The largest absolute Gasteiger partial charge is 0.462 e. The predicted octanol–water partition coefficient (Wildman–Crippen LogP) is 2.20. The molecular weight excluding hydrogens is 226 g/mol. The van der Waals surface area contributed by atoms with Gasteiger partial charge in [-0.25, -0.2) is 0 Å². The first-order chi connectivity index (χ1) is 8.86. The highest BCUT2D eigenvalue weighted by Crippen LogP contribution is 2.33. The molecule has 0 saturated heterocycles. The van der Waals surface area contributed by atoms with E-state index >= 15 is 0 Å². The SMILES string of the molecule is OCc1ccc(CNCC2Cc3ccccc32)o1. The van der Waals surface area contributed by atoms with E-state index in [1.54, 1.807) is 0 Å². The molecule has 3 heteroatoms. The van der Waals surface area contributed by atoms with Crippen LogP contribution in [0.25, 0.3) is 0 Å². The highest BCUT2D eigenvalue weighted by molar-refractivity contribution is 5.40. The van der Waals surface area contributed by atoms with Crippen molar-refractivity contribution in [3.05, 3.63) is 59.0 Å². The fourth-order valence-corrected chi connectivity index (χ4v) is 2.52. The van der Waals surface area contributed by atoms with Crippen LogP contribution in [0, 0.1) is 0 Å². The minimum absolute atomic E-state index is 0.0317. The summed E-state index contributed by atoms with van der Waals surface area (Å²) >= 11 is 0. The topological polar surface area (TPSA) is 45.4 Å². The summed E-state index contributed by atoms with van der Waals surface area (Å²) in [4.78, 5) is 0. The Labute approximate surface area is 106 Å². The molecule has 1 aliphatic carbocycles. The number of aliphatic hydroxyl groups excluding tert-OH is 1. The van der Waals surface area contributed by atoms with E-state index < -0.39 is 0 Å². The van der Waals surface area contributed by atoms with E-state index in [2.05, 4.69) is 29.6 Å². The Kier molecular flexibility index (Phi) is 3.17. The second kappa shape index (κ2) is 4.96. The molecular formula is C15H17NO2. The van der Waals surface area contributed by atoms with Crippen LogP contribution >= 0.6 is 0 Å². The summed E-state index contributed by atoms with van der Waals surface area (Å²) < 4.78 is 5.42. The van der Waals surface area contributed by atoms with Crippen LogP contribution in [0.2, 0.25) is 0 Å². The zero-order valence-electron chi connectivity index (χ0n) is 10.2. The van der Waals surface area contributed by atoms with Gasteiger partial charge >= 0.3 is 0 Å². The fourth-order valence-electron chi connectivity index (χ4n) is 2.52. The molecule has 1 atom stereocenters. The van der Waals surface area contributed by atoms with Gasteiger partial charge in [0.25, 0.3) is 0 Å². The number of aliphatic hydroxyl groups is 1. The molecule has 1 aliphatic rings. The van der Waals surface area contributed by atoms with Crippen LogP contribution in [-0.4, -0.2) is 11.7 Å². The highest BCUT2D eigenvalue weighted by Gasteiger charge is 2.24. The number of furan rings is 1. The molecule has 1 aromatic heterocycles. The molecule has 0 saturated carbocycles. The lowest BCUT2D eigenvalue weighted by molar-refractivity contribution is 0.242. The first kappa shape index (κ1) is 11.5. The number of hydrogen-bond acceptors (Lipinski definition) is 3. The number of hydrogen-bond donors (Lipinski definition) is 2. The average molecular weight is 243 g/mol. The van der Waals surface area contributed by atoms with Gasteiger partial charge in [-0.05, 0) is 29.7 Å². The molecule has 0 bridgehead atoms. The standard InChI is InChI=1S/C15H17NO2/c17-10-14-6-5-13(18-14)9-16-8-12-7-11-3-1-2-4-15(11)12/h1-6,12,16-17H,7-10H2. The summed E-state index contributed by atoms with van der Waals surface area (Å²) in [6.07, 6.45) is 1.17. The van der Waals surface area contributed by atoms with Crippen molar-refractivity contribution in [2.45, 2.75) is 25.5 Å². The molecule has 0 aliphatic heterocycles. The number of nitrogens with one attached hydrogen (secondary N) is 1. The molecule has 3 rings (SSSR count). The summed E-state index contributed by atoms with van der Waals surface area (Å²) in [7, 11) is 0. The molecule has 0 spiro atoms. The quantitative estimate of drug-likeness (QED) is 0.846. The molecule has 1 heterocycles. The zero-order valence-corrected chi connectivity index (χ0v) is 10.2. The van der Waals surface area contributed by atoms with Gasteiger partial charge in [0, 0.05) is 12.5 Å². The third kappa shape index (κ3) is 2.19. The van der Waals surface area contributed by atoms with Crippen molar-refractivity contribution in [2.75, 3.05) is 6.54 Å². The molecule has 0 radical (unpaired) electrons. The number of rotatable bonds is 5. The Morgan fingerprint density at radius 3 is 2.78 bits per heavy atom. The van der Waals surface area contributed by atoms with Crippen molar-refractivity contribution < 1.29 is 9.52 Å². The lowest BCUT2D eigenvalue weighted by Gasteiger charge is -2.30. The van der Waals surface area contributed by atoms with Gasteiger partial charge in [0.2, 0.25) is 0 Å². The van der Waals surface area contributed by atoms with E-state index in [1.165, 1.54) is 17.5 Å². The van der Waals surface area contributed by atoms with E-state index in [9.17, 15) is 0 Å². The van der Waals surface area contributed by atoms with Gasteiger partial charge in [0.15, 0.2) is 0 Å². The molecule has 2 N–H and O–H groups in total. The maximum Gasteiger partial charge on any atom is 0.129 e. The molecule has 94 valence electrons. The van der Waals surface area contributed by atoms with Crippen LogP contribution in [0.3, 0.4) is 0 Å². The van der Waals surface area contributed by atoms with Crippen molar-refractivity contribution in [3.8, 4) is 0 Å². The third-order valence-electron chi connectivity index (χ3n) is 3.52. The van der Waals surface area contributed by atoms with Crippen LogP contribution in [-0.2, 0) is 19.6 Å². The summed E-state index contributed by atoms with van der Waals surface area (Å²) in [5, 5.41) is 12.3. The summed E-state index contributed by atoms with van der Waals surface area (Å²) in [6, 6.07) is 12.3. The van der Waals surface area contributed by atoms with Crippen molar-refractivity contribution in [1.82, 2.24) is 5.32 Å². The van der Waals surface area contributed by atoms with E-state index in [0.29, 0.717) is 11.7 Å². The average Bonchev–Trinajstić information content (AvgIpc) is 2.83. The van der Waals surface area contributed by atoms with Crippen molar-refractivity contribution >= 4 is 0 Å². The van der Waals surface area contributed by atoms with Crippen LogP contribution in [0.4, 0.5) is 0 Å². The maximum absolute atomic E-state index is 8.91. The molecule has 0 amide bonds. The second-order valence-electron chi connectivity index (χ2n) is 4.76. The van der Waals surface area contributed by atoms with Gasteiger partial charge in [-0.15, -0.1) is 0 Å². The normalized spacial score (nSPS) is 17.3. The lowest BCUT2D eigenvalue weighted by atomic mass is 9.77. The van der Waals surface area contributed by atoms with Gasteiger partial charge < -0.3 is 14.8 Å². The van der Waals surface area contributed by atoms with Crippen molar-refractivity contribution in [3.63, 3.8) is 0 Å². The van der Waals surface area contributed by atoms with Gasteiger partial charge in [-0.3, -0.25) is 0 Å². The van der Waals surface area contributed by atoms with Gasteiger partial charge in [-0.2, -0.15) is 0 Å². The summed E-state index contributed by atoms with van der Waals surface area (Å²) in [5.41, 5.74) is 2.95. The van der Waals surface area contributed by atoms with E-state index in [4.69, 9.17) is 9.52 Å². The van der Waals surface area contributed by atoms with Crippen LogP contribution in [0.1, 0.15) is 28.6 Å². The Bertz CT molecular complexity index is 533. The first-order valence-electron chi connectivity index (χ1n) is 6.34. The predicted molar refractivity (Wildman–Crippen MR) is 69.2 cm³/mol. The van der Waals surface area contributed by atoms with E-state index in [-0.39, 0.29) is 6.61 Å². The Hall–Kier alpha value is -1.58. The fraction of sp³-hybridized carbons (Fsp3) is 0.333. The maximum atomic E-state index is 8.91. The van der Waals surface area contributed by atoms with Crippen LogP contribution in [0.5, 0.6) is 0 Å². The Balaban J connectivity index is 1.49. The molecule has 0 fully saturated rings. The Morgan fingerprint density at radius 1 is 1.17 bits per heavy atom. The van der Waals surface area contributed by atoms with Crippen LogP contribution < -0.4 is 5.32 Å². The lowest BCUT2D eigenvalue weighted by Crippen LogP contribution is -2.28. The first-order valence-corrected chi connectivity index (χ1v) is 6.34. The molecule has 2 aromatic rings. The monoisotopic (exact) mass is 243 g/mol. The van der Waals surface area contributed by atoms with Crippen molar-refractivity contribution in [1.29, 1.82) is 0 Å². The van der Waals surface area contributed by atoms with Crippen LogP contribution in [0.15, 0.2) is 40.8 Å². The number of benzene rings is 1. The third-order valence-corrected chi connectivity index (χ3v) is 3.52.